The molecule has 0 spiro atoms. The van der Waals surface area contributed by atoms with Gasteiger partial charge in [-0.25, -0.2) is 19.8 Å². The first kappa shape index (κ1) is 19.0. The molecule has 0 saturated heterocycles. The fourth-order valence-corrected chi connectivity index (χ4v) is 3.80. The van der Waals surface area contributed by atoms with Crippen LogP contribution in [0.15, 0.2) is 30.3 Å². The number of halogens is 2. The van der Waals surface area contributed by atoms with E-state index in [1.807, 2.05) is 0 Å². The molecule has 1 aliphatic rings. The Bertz CT molecular complexity index is 575. The predicted octanol–water partition coefficient (Wildman–Crippen LogP) is -1.70. The first-order valence-electron chi connectivity index (χ1n) is 5.61. The van der Waals surface area contributed by atoms with Crippen LogP contribution in [0.4, 0.5) is 0 Å². The van der Waals surface area contributed by atoms with Gasteiger partial charge < -0.3 is 24.8 Å². The molecule has 0 bridgehead atoms. The van der Waals surface area contributed by atoms with Crippen LogP contribution in [-0.2, 0) is 21.7 Å². The molecular weight excluding hydrogens is 330 g/mol. The fraction of sp³-hybridized carbons (Fsp3) is 0.200. The second-order valence-corrected chi connectivity index (χ2v) is 5.92. The summed E-state index contributed by atoms with van der Waals surface area (Å²) in [6.07, 6.45) is 4.58. The van der Waals surface area contributed by atoms with Gasteiger partial charge in [0.25, 0.3) is 0 Å². The summed E-state index contributed by atoms with van der Waals surface area (Å²) >= 11 is 0. The van der Waals surface area contributed by atoms with E-state index in [0.29, 0.717) is 5.92 Å². The summed E-state index contributed by atoms with van der Waals surface area (Å²) in [5.74, 6) is 0.500. The molecule has 0 nitrogen and oxygen atoms in total. The predicted molar refractivity (Wildman–Crippen MR) is 71.6 cm³/mol. The number of hydrogen-bond acceptors (Lipinski definition) is 0. The van der Waals surface area contributed by atoms with E-state index in [1.54, 1.807) is 5.30 Å². The third-order valence-corrected chi connectivity index (χ3v) is 4.67. The van der Waals surface area contributed by atoms with Crippen molar-refractivity contribution >= 4 is 14.3 Å². The third kappa shape index (κ3) is 3.57. The van der Waals surface area contributed by atoms with Crippen molar-refractivity contribution in [1.82, 2.24) is 0 Å². The summed E-state index contributed by atoms with van der Waals surface area (Å²) in [4.78, 5) is 0. The number of fused-ring (bicyclic) bond motifs is 1. The van der Waals surface area contributed by atoms with Crippen LogP contribution < -0.4 is 24.8 Å². The van der Waals surface area contributed by atoms with Crippen molar-refractivity contribution in [3.63, 3.8) is 0 Å². The molecule has 1 aromatic heterocycles. The van der Waals surface area contributed by atoms with E-state index in [-0.39, 0.29) is 46.5 Å². The Morgan fingerprint density at radius 2 is 1.79 bits per heavy atom. The molecule has 1 aromatic carbocycles. The summed E-state index contributed by atoms with van der Waals surface area (Å²) in [6.45, 7) is 4.37. The number of benzene rings is 1. The van der Waals surface area contributed by atoms with Gasteiger partial charge in [0.2, 0.25) is 0 Å². The average molecular weight is 344 g/mol. The quantitative estimate of drug-likeness (QED) is 0.428. The van der Waals surface area contributed by atoms with Gasteiger partial charge in [-0.2, -0.15) is 5.30 Å². The smallest absolute Gasteiger partial charge is 1.00 e. The summed E-state index contributed by atoms with van der Waals surface area (Å²) in [7, 11) is 0.834. The minimum atomic E-state index is 0. The Hall–Kier alpha value is 0.0343. The molecule has 97 valence electrons. The van der Waals surface area contributed by atoms with Crippen LogP contribution in [-0.4, -0.2) is 0 Å². The van der Waals surface area contributed by atoms with Crippen LogP contribution in [0.1, 0.15) is 33.2 Å². The van der Waals surface area contributed by atoms with Gasteiger partial charge in [-0.15, -0.1) is 5.30 Å². The van der Waals surface area contributed by atoms with E-state index in [2.05, 4.69) is 56.3 Å². The Labute approximate surface area is 143 Å². The van der Waals surface area contributed by atoms with E-state index in [1.165, 1.54) is 22.0 Å². The van der Waals surface area contributed by atoms with Crippen molar-refractivity contribution in [1.29, 1.82) is 0 Å². The largest absolute Gasteiger partial charge is 3.00 e. The van der Waals surface area contributed by atoms with E-state index >= 15 is 0 Å². The third-order valence-electron chi connectivity index (χ3n) is 3.21. The fourth-order valence-electron chi connectivity index (χ4n) is 2.49. The zero-order chi connectivity index (χ0) is 11.1. The number of allylic oxidation sites excluding steroid dienone is 1. The van der Waals surface area contributed by atoms with Crippen molar-refractivity contribution in [2.45, 2.75) is 19.8 Å². The Balaban J connectivity index is 0.00000108. The van der Waals surface area contributed by atoms with Crippen LogP contribution in [0.5, 0.6) is 0 Å². The van der Waals surface area contributed by atoms with Gasteiger partial charge >= 0.3 is 21.7 Å². The first-order valence-corrected chi connectivity index (χ1v) is 6.61. The van der Waals surface area contributed by atoms with Gasteiger partial charge in [-0.1, -0.05) is 50.3 Å². The van der Waals surface area contributed by atoms with Gasteiger partial charge in [0.05, 0.1) is 0 Å². The normalized spacial score (nSPS) is 15.4. The molecule has 0 N–H and O–H groups in total. The topological polar surface area (TPSA) is 0 Å². The van der Waals surface area contributed by atoms with Gasteiger partial charge in [0.1, 0.15) is 0 Å². The van der Waals surface area contributed by atoms with Crippen molar-refractivity contribution in [2.75, 3.05) is 0 Å². The summed E-state index contributed by atoms with van der Waals surface area (Å²) in [5.41, 5.74) is 4.19. The maximum atomic E-state index is 3.45. The summed E-state index contributed by atoms with van der Waals surface area (Å²) in [6, 6.07) is 12.1. The van der Waals surface area contributed by atoms with E-state index in [0.717, 1.165) is 8.19 Å². The maximum Gasteiger partial charge on any atom is 3.00 e. The number of aryl methyl sites for hydroxylation is 2. The van der Waals surface area contributed by atoms with Gasteiger partial charge in [0, 0.05) is 0 Å². The van der Waals surface area contributed by atoms with Crippen LogP contribution in [0.25, 0.3) is 6.08 Å². The Morgan fingerprint density at radius 3 is 2.42 bits per heavy atom. The molecule has 1 aliphatic carbocycles. The van der Waals surface area contributed by atoms with Gasteiger partial charge in [-0.3, -0.25) is 0 Å². The number of rotatable bonds is 1. The van der Waals surface area contributed by atoms with Gasteiger partial charge in [-0.05, 0) is 17.0 Å². The van der Waals surface area contributed by atoms with Crippen molar-refractivity contribution < 1.29 is 46.5 Å². The van der Waals surface area contributed by atoms with Gasteiger partial charge in [0.15, 0.2) is 0 Å². The SMILES string of the molecule is Cc1[c-]c(C)c(C2C=Cc3ccccc32)[pH]1.[Cl-].[Cl-].[Ti+3]. The zero-order valence-corrected chi connectivity index (χ0v) is 14.9. The molecule has 3 rings (SSSR count). The minimum absolute atomic E-state index is 0. The Morgan fingerprint density at radius 1 is 1.11 bits per heavy atom. The molecule has 4 heteroatoms. The molecule has 2 unspecified atom stereocenters. The molecule has 1 radical (unpaired) electrons. The average Bonchev–Trinajstić information content (AvgIpc) is 2.81. The molecule has 2 aromatic rings. The van der Waals surface area contributed by atoms with Crippen LogP contribution in [0.3, 0.4) is 0 Å². The molecule has 0 amide bonds. The van der Waals surface area contributed by atoms with Crippen molar-refractivity contribution in [3.8, 4) is 0 Å². The van der Waals surface area contributed by atoms with Crippen molar-refractivity contribution in [2.24, 2.45) is 0 Å². The van der Waals surface area contributed by atoms with E-state index in [9.17, 15) is 0 Å². The first-order chi connectivity index (χ1) is 7.75. The van der Waals surface area contributed by atoms with E-state index in [4.69, 9.17) is 0 Å². The maximum absolute atomic E-state index is 3.45. The van der Waals surface area contributed by atoms with Crippen LogP contribution in [0.2, 0.25) is 0 Å². The molecule has 1 heterocycles. The second-order valence-electron chi connectivity index (χ2n) is 4.38. The summed E-state index contributed by atoms with van der Waals surface area (Å²) < 4.78 is 0. The monoisotopic (exact) mass is 343 g/mol. The second kappa shape index (κ2) is 7.72. The van der Waals surface area contributed by atoms with Crippen LogP contribution in [0, 0.1) is 19.9 Å². The molecule has 19 heavy (non-hydrogen) atoms. The molecule has 2 atom stereocenters. The standard InChI is InChI=1S/C15H14P.2ClH.Ti/c1-10-9-11(2)16-15(10)14-8-7-12-5-3-4-6-13(12)14;;;/h3-8,14,16H,1-2H3;2*1H;/q-1;;;+3/p-2. The van der Waals surface area contributed by atoms with Crippen molar-refractivity contribution in [3.05, 3.63) is 63.7 Å². The summed E-state index contributed by atoms with van der Waals surface area (Å²) in [5, 5.41) is 2.95. The minimum Gasteiger partial charge on any atom is -1.00 e. The number of hydrogen-bond donors (Lipinski definition) is 0. The Kier molecular flexibility index (Phi) is 7.73. The van der Waals surface area contributed by atoms with Crippen LogP contribution >= 0.6 is 8.19 Å². The zero-order valence-electron chi connectivity index (χ0n) is 10.8. The molecule has 0 fully saturated rings. The molecular formula is C15H14Cl2PTi. The molecule has 0 saturated carbocycles. The molecule has 0 aliphatic heterocycles. The van der Waals surface area contributed by atoms with E-state index < -0.39 is 0 Å².